The lowest BCUT2D eigenvalue weighted by atomic mass is 9.82. The van der Waals surface area contributed by atoms with Gasteiger partial charge in [-0.1, -0.05) is 0 Å². The van der Waals surface area contributed by atoms with Gasteiger partial charge in [-0.05, 0) is 67.0 Å². The van der Waals surface area contributed by atoms with Crippen LogP contribution in [-0.2, 0) is 4.74 Å². The second-order valence-corrected chi connectivity index (χ2v) is 7.84. The van der Waals surface area contributed by atoms with Crippen LogP contribution in [0.1, 0.15) is 53.4 Å². The van der Waals surface area contributed by atoms with Crippen LogP contribution >= 0.6 is 0 Å². The Bertz CT molecular complexity index is 344. The van der Waals surface area contributed by atoms with E-state index in [-0.39, 0.29) is 11.2 Å². The van der Waals surface area contributed by atoms with E-state index in [1.807, 2.05) is 0 Å². The van der Waals surface area contributed by atoms with Crippen LogP contribution in [0.15, 0.2) is 0 Å². The van der Waals surface area contributed by atoms with Crippen molar-refractivity contribution in [1.82, 2.24) is 10.2 Å². The van der Waals surface area contributed by atoms with Gasteiger partial charge in [0.1, 0.15) is 0 Å². The summed E-state index contributed by atoms with van der Waals surface area (Å²) in [5, 5.41) is 12.6. The Morgan fingerprint density at radius 3 is 2.57 bits per heavy atom. The van der Waals surface area contributed by atoms with Crippen LogP contribution in [0.4, 0.5) is 0 Å². The Balaban J connectivity index is 2.06. The van der Waals surface area contributed by atoms with E-state index in [0.29, 0.717) is 24.6 Å². The number of ether oxygens (including phenoxy) is 1. The summed E-state index contributed by atoms with van der Waals surface area (Å²) in [7, 11) is 2.05. The van der Waals surface area contributed by atoms with E-state index >= 15 is 0 Å². The number of aliphatic hydroxyl groups excluding tert-OH is 1. The highest BCUT2D eigenvalue weighted by Gasteiger charge is 2.53. The predicted octanol–water partition coefficient (Wildman–Crippen LogP) is 2.01. The first-order valence-corrected chi connectivity index (χ1v) is 8.54. The average Bonchev–Trinajstić information content (AvgIpc) is 2.87. The zero-order valence-electron chi connectivity index (χ0n) is 14.5. The van der Waals surface area contributed by atoms with Gasteiger partial charge in [-0.2, -0.15) is 0 Å². The fraction of sp³-hybridized carbons (Fsp3) is 1.00. The van der Waals surface area contributed by atoms with Crippen molar-refractivity contribution in [3.63, 3.8) is 0 Å². The van der Waals surface area contributed by atoms with Crippen LogP contribution in [-0.4, -0.2) is 60.0 Å². The van der Waals surface area contributed by atoms with Gasteiger partial charge in [0.2, 0.25) is 0 Å². The number of nitrogens with zero attached hydrogens (tertiary/aromatic N) is 1. The number of hydrogen-bond donors (Lipinski definition) is 2. The number of hydrogen-bond acceptors (Lipinski definition) is 4. The summed E-state index contributed by atoms with van der Waals surface area (Å²) in [5.41, 5.74) is -0.218. The lowest BCUT2D eigenvalue weighted by molar-refractivity contribution is -0.0796. The minimum absolute atomic E-state index is 0.0959. The van der Waals surface area contributed by atoms with E-state index in [2.05, 4.69) is 45.0 Å². The highest BCUT2D eigenvalue weighted by molar-refractivity contribution is 5.06. The SMILES string of the molecule is CNC1C(CN2CCCC2CCCO)C(C)(C)OC1(C)C. The van der Waals surface area contributed by atoms with Gasteiger partial charge in [-0.3, -0.25) is 4.90 Å². The van der Waals surface area contributed by atoms with Gasteiger partial charge in [0, 0.05) is 31.2 Å². The molecule has 2 N–H and O–H groups in total. The normalized spacial score (nSPS) is 35.4. The molecule has 0 aromatic rings. The summed E-state index contributed by atoms with van der Waals surface area (Å²) in [6, 6.07) is 1.03. The first-order valence-electron chi connectivity index (χ1n) is 8.54. The first-order chi connectivity index (χ1) is 9.81. The van der Waals surface area contributed by atoms with Crippen LogP contribution in [0.2, 0.25) is 0 Å². The van der Waals surface area contributed by atoms with Crippen LogP contribution in [0, 0.1) is 5.92 Å². The third kappa shape index (κ3) is 3.61. The van der Waals surface area contributed by atoms with E-state index in [1.165, 1.54) is 19.4 Å². The molecule has 3 unspecified atom stereocenters. The van der Waals surface area contributed by atoms with Crippen LogP contribution < -0.4 is 5.32 Å². The van der Waals surface area contributed by atoms with Crippen molar-refractivity contribution in [2.45, 2.75) is 76.7 Å². The third-order valence-corrected chi connectivity index (χ3v) is 5.51. The Hall–Kier alpha value is -0.160. The minimum Gasteiger partial charge on any atom is -0.396 e. The number of aliphatic hydroxyl groups is 1. The van der Waals surface area contributed by atoms with E-state index in [0.717, 1.165) is 19.4 Å². The Kier molecular flexibility index (Phi) is 5.35. The molecule has 0 spiro atoms. The molecule has 21 heavy (non-hydrogen) atoms. The molecule has 2 saturated heterocycles. The summed E-state index contributed by atoms with van der Waals surface area (Å²) in [5.74, 6) is 0.493. The summed E-state index contributed by atoms with van der Waals surface area (Å²) in [6.07, 6.45) is 4.62. The van der Waals surface area contributed by atoms with E-state index < -0.39 is 0 Å². The maximum atomic E-state index is 9.08. The Labute approximate surface area is 130 Å². The molecule has 2 rings (SSSR count). The van der Waals surface area contributed by atoms with E-state index in [4.69, 9.17) is 9.84 Å². The summed E-state index contributed by atoms with van der Waals surface area (Å²) in [4.78, 5) is 2.64. The van der Waals surface area contributed by atoms with Gasteiger partial charge in [-0.15, -0.1) is 0 Å². The molecule has 2 aliphatic heterocycles. The maximum absolute atomic E-state index is 9.08. The standard InChI is InChI=1S/C17H34N2O2/c1-16(2)14(15(18-5)17(3,4)21-16)12-19-10-6-8-13(19)9-7-11-20/h13-15,18,20H,6-12H2,1-5H3. The molecule has 0 aliphatic carbocycles. The molecular weight excluding hydrogens is 264 g/mol. The number of nitrogens with one attached hydrogen (secondary N) is 1. The maximum Gasteiger partial charge on any atom is 0.0790 e. The van der Waals surface area contributed by atoms with Crippen molar-refractivity contribution in [3.8, 4) is 0 Å². The molecule has 4 heteroatoms. The molecular formula is C17H34N2O2. The molecule has 4 nitrogen and oxygen atoms in total. The number of likely N-dealkylation sites (tertiary alicyclic amines) is 1. The van der Waals surface area contributed by atoms with Crippen LogP contribution in [0.25, 0.3) is 0 Å². The van der Waals surface area contributed by atoms with E-state index in [9.17, 15) is 0 Å². The van der Waals surface area contributed by atoms with Gasteiger partial charge >= 0.3 is 0 Å². The number of rotatable bonds is 6. The van der Waals surface area contributed by atoms with Crippen molar-refractivity contribution >= 4 is 0 Å². The fourth-order valence-electron chi connectivity index (χ4n) is 4.62. The molecule has 124 valence electrons. The largest absolute Gasteiger partial charge is 0.396 e. The molecule has 0 radical (unpaired) electrons. The first kappa shape index (κ1) is 17.2. The molecule has 0 aromatic carbocycles. The molecule has 0 bridgehead atoms. The van der Waals surface area contributed by atoms with Crippen molar-refractivity contribution in [3.05, 3.63) is 0 Å². The Morgan fingerprint density at radius 2 is 1.95 bits per heavy atom. The second-order valence-electron chi connectivity index (χ2n) is 7.84. The molecule has 2 heterocycles. The third-order valence-electron chi connectivity index (χ3n) is 5.51. The van der Waals surface area contributed by atoms with Crippen LogP contribution in [0.3, 0.4) is 0 Å². The monoisotopic (exact) mass is 298 g/mol. The summed E-state index contributed by atoms with van der Waals surface area (Å²) in [6.45, 7) is 11.5. The van der Waals surface area contributed by atoms with Gasteiger partial charge in [0.15, 0.2) is 0 Å². The van der Waals surface area contributed by atoms with Crippen molar-refractivity contribution in [2.24, 2.45) is 5.92 Å². The molecule has 0 amide bonds. The summed E-state index contributed by atoms with van der Waals surface area (Å²) >= 11 is 0. The van der Waals surface area contributed by atoms with Crippen molar-refractivity contribution in [1.29, 1.82) is 0 Å². The average molecular weight is 298 g/mol. The zero-order chi connectivity index (χ0) is 15.7. The lowest BCUT2D eigenvalue weighted by Crippen LogP contribution is -2.50. The second kappa shape index (κ2) is 6.53. The van der Waals surface area contributed by atoms with Gasteiger partial charge in [0.05, 0.1) is 11.2 Å². The van der Waals surface area contributed by atoms with Gasteiger partial charge < -0.3 is 15.2 Å². The predicted molar refractivity (Wildman–Crippen MR) is 86.5 cm³/mol. The minimum atomic E-state index is -0.122. The number of likely N-dealkylation sites (N-methyl/N-ethyl adjacent to an activating group) is 1. The zero-order valence-corrected chi connectivity index (χ0v) is 14.5. The summed E-state index contributed by atoms with van der Waals surface area (Å²) < 4.78 is 6.35. The van der Waals surface area contributed by atoms with Gasteiger partial charge in [-0.25, -0.2) is 0 Å². The van der Waals surface area contributed by atoms with Crippen molar-refractivity contribution < 1.29 is 9.84 Å². The van der Waals surface area contributed by atoms with Crippen molar-refractivity contribution in [2.75, 3.05) is 26.7 Å². The van der Waals surface area contributed by atoms with Gasteiger partial charge in [0.25, 0.3) is 0 Å². The smallest absolute Gasteiger partial charge is 0.0790 e. The van der Waals surface area contributed by atoms with Crippen LogP contribution in [0.5, 0.6) is 0 Å². The lowest BCUT2D eigenvalue weighted by Gasteiger charge is -2.35. The topological polar surface area (TPSA) is 44.7 Å². The highest BCUT2D eigenvalue weighted by Crippen LogP contribution is 2.43. The fourth-order valence-corrected chi connectivity index (χ4v) is 4.62. The molecule has 0 aromatic heterocycles. The Morgan fingerprint density at radius 1 is 1.24 bits per heavy atom. The highest BCUT2D eigenvalue weighted by atomic mass is 16.5. The molecule has 3 atom stereocenters. The molecule has 2 aliphatic rings. The van der Waals surface area contributed by atoms with E-state index in [1.54, 1.807) is 0 Å². The molecule has 0 saturated carbocycles. The molecule has 2 fully saturated rings. The quantitative estimate of drug-likeness (QED) is 0.787.